The van der Waals surface area contributed by atoms with Gasteiger partial charge in [0, 0.05) is 11.4 Å². The van der Waals surface area contributed by atoms with Crippen LogP contribution < -0.4 is 11.1 Å². The molecule has 0 aliphatic heterocycles. The third-order valence-electron chi connectivity index (χ3n) is 3.11. The number of nitrogens with one attached hydrogen (secondary N) is 1. The van der Waals surface area contributed by atoms with Crippen LogP contribution in [0.15, 0.2) is 36.4 Å². The summed E-state index contributed by atoms with van der Waals surface area (Å²) in [6.45, 7) is 1.79. The minimum Gasteiger partial charge on any atom is -0.398 e. The molecule has 0 aromatic heterocycles. The molecule has 0 fully saturated rings. The minimum atomic E-state index is -4.47. The molecule has 0 unspecified atom stereocenters. The number of nitrogens with zero attached hydrogens (tertiary/aromatic N) is 1. The fraction of sp³-hybridized carbons (Fsp3) is 0.133. The molecule has 0 amide bonds. The van der Waals surface area contributed by atoms with Gasteiger partial charge in [0.25, 0.3) is 0 Å². The number of nitriles is 1. The third-order valence-corrected chi connectivity index (χ3v) is 3.11. The predicted molar refractivity (Wildman–Crippen MR) is 75.0 cm³/mol. The van der Waals surface area contributed by atoms with Crippen LogP contribution in [0.5, 0.6) is 0 Å². The SMILES string of the molecule is Cc1c(N)cccc1Nc1ccc(C(F)(F)F)cc1C#N. The van der Waals surface area contributed by atoms with Gasteiger partial charge in [0.05, 0.1) is 16.8 Å². The average Bonchev–Trinajstić information content (AvgIpc) is 2.43. The maximum atomic E-state index is 12.6. The van der Waals surface area contributed by atoms with Gasteiger partial charge in [-0.3, -0.25) is 0 Å². The van der Waals surface area contributed by atoms with Gasteiger partial charge in [-0.25, -0.2) is 0 Å². The lowest BCUT2D eigenvalue weighted by Crippen LogP contribution is -2.06. The zero-order valence-electron chi connectivity index (χ0n) is 11.1. The molecule has 3 N–H and O–H groups in total. The Hall–Kier alpha value is -2.68. The molecule has 2 aromatic rings. The van der Waals surface area contributed by atoms with E-state index in [0.29, 0.717) is 17.1 Å². The van der Waals surface area contributed by atoms with Gasteiger partial charge < -0.3 is 11.1 Å². The number of hydrogen-bond acceptors (Lipinski definition) is 3. The normalized spacial score (nSPS) is 11.0. The molecule has 2 aromatic carbocycles. The molecule has 0 radical (unpaired) electrons. The van der Waals surface area contributed by atoms with Crippen LogP contribution >= 0.6 is 0 Å². The Morgan fingerprint density at radius 3 is 2.48 bits per heavy atom. The van der Waals surface area contributed by atoms with Crippen molar-refractivity contribution in [2.24, 2.45) is 0 Å². The second-order valence-corrected chi connectivity index (χ2v) is 4.51. The zero-order chi connectivity index (χ0) is 15.6. The van der Waals surface area contributed by atoms with E-state index in [2.05, 4.69) is 5.32 Å². The Bertz CT molecular complexity index is 715. The van der Waals surface area contributed by atoms with E-state index < -0.39 is 11.7 Å². The number of halogens is 3. The third kappa shape index (κ3) is 3.08. The van der Waals surface area contributed by atoms with Crippen LogP contribution in [-0.4, -0.2) is 0 Å². The minimum absolute atomic E-state index is 0.0772. The van der Waals surface area contributed by atoms with Gasteiger partial charge in [0.15, 0.2) is 0 Å². The van der Waals surface area contributed by atoms with Crippen molar-refractivity contribution in [3.05, 3.63) is 53.1 Å². The molecule has 0 atom stereocenters. The summed E-state index contributed by atoms with van der Waals surface area (Å²) in [6, 6.07) is 9.95. The molecule has 0 aliphatic rings. The van der Waals surface area contributed by atoms with E-state index in [4.69, 9.17) is 11.0 Å². The predicted octanol–water partition coefficient (Wildman–Crippen LogP) is 4.21. The highest BCUT2D eigenvalue weighted by molar-refractivity contribution is 5.72. The Morgan fingerprint density at radius 2 is 1.86 bits per heavy atom. The van der Waals surface area contributed by atoms with Crippen LogP contribution in [0.1, 0.15) is 16.7 Å². The molecule has 108 valence electrons. The number of nitrogens with two attached hydrogens (primary N) is 1. The Morgan fingerprint density at radius 1 is 1.14 bits per heavy atom. The van der Waals surface area contributed by atoms with Crippen molar-refractivity contribution < 1.29 is 13.2 Å². The maximum Gasteiger partial charge on any atom is 0.416 e. The Labute approximate surface area is 119 Å². The second kappa shape index (κ2) is 5.37. The lowest BCUT2D eigenvalue weighted by molar-refractivity contribution is -0.137. The first-order valence-corrected chi connectivity index (χ1v) is 6.06. The molecule has 2 rings (SSSR count). The lowest BCUT2D eigenvalue weighted by Gasteiger charge is -2.14. The van der Waals surface area contributed by atoms with Gasteiger partial charge >= 0.3 is 6.18 Å². The van der Waals surface area contributed by atoms with Gasteiger partial charge in [0.2, 0.25) is 0 Å². The first-order valence-electron chi connectivity index (χ1n) is 6.06. The van der Waals surface area contributed by atoms with Crippen molar-refractivity contribution in [2.75, 3.05) is 11.1 Å². The van der Waals surface area contributed by atoms with Crippen molar-refractivity contribution in [3.8, 4) is 6.07 Å². The molecule has 0 saturated carbocycles. The van der Waals surface area contributed by atoms with Crippen molar-refractivity contribution >= 4 is 17.1 Å². The summed E-state index contributed by atoms with van der Waals surface area (Å²) < 4.78 is 37.9. The monoisotopic (exact) mass is 291 g/mol. The van der Waals surface area contributed by atoms with Crippen LogP contribution in [0.4, 0.5) is 30.2 Å². The molecule has 21 heavy (non-hydrogen) atoms. The quantitative estimate of drug-likeness (QED) is 0.815. The van der Waals surface area contributed by atoms with Gasteiger partial charge in [-0.15, -0.1) is 0 Å². The number of hydrogen-bond donors (Lipinski definition) is 2. The van der Waals surface area contributed by atoms with E-state index >= 15 is 0 Å². The Balaban J connectivity index is 2.42. The number of rotatable bonds is 2. The van der Waals surface area contributed by atoms with Crippen LogP contribution in [0.2, 0.25) is 0 Å². The summed E-state index contributed by atoms with van der Waals surface area (Å²) in [5, 5.41) is 12.0. The van der Waals surface area contributed by atoms with E-state index in [1.807, 2.05) is 0 Å². The standard InChI is InChI=1S/C15H12F3N3/c1-9-12(20)3-2-4-13(9)21-14-6-5-11(15(16,17)18)7-10(14)8-19/h2-7,21H,20H2,1H3. The summed E-state index contributed by atoms with van der Waals surface area (Å²) in [4.78, 5) is 0. The molecular formula is C15H12F3N3. The molecule has 0 spiro atoms. The van der Waals surface area contributed by atoms with Gasteiger partial charge in [-0.2, -0.15) is 18.4 Å². The van der Waals surface area contributed by atoms with Crippen molar-refractivity contribution in [1.29, 1.82) is 5.26 Å². The fourth-order valence-corrected chi connectivity index (χ4v) is 1.86. The van der Waals surface area contributed by atoms with E-state index in [-0.39, 0.29) is 5.56 Å². The van der Waals surface area contributed by atoms with E-state index in [1.165, 1.54) is 6.07 Å². The van der Waals surface area contributed by atoms with Crippen molar-refractivity contribution in [3.63, 3.8) is 0 Å². The summed E-state index contributed by atoms with van der Waals surface area (Å²) in [5.74, 6) is 0. The van der Waals surface area contributed by atoms with Gasteiger partial charge in [-0.05, 0) is 42.8 Å². The number of anilines is 3. The highest BCUT2D eigenvalue weighted by Crippen LogP contribution is 2.33. The van der Waals surface area contributed by atoms with E-state index in [0.717, 1.165) is 17.7 Å². The summed E-state index contributed by atoms with van der Waals surface area (Å²) in [5.41, 5.74) is 7.12. The van der Waals surface area contributed by atoms with Crippen LogP contribution in [-0.2, 0) is 6.18 Å². The summed E-state index contributed by atoms with van der Waals surface area (Å²) >= 11 is 0. The zero-order valence-corrected chi connectivity index (χ0v) is 11.1. The molecule has 3 nitrogen and oxygen atoms in total. The average molecular weight is 291 g/mol. The second-order valence-electron chi connectivity index (χ2n) is 4.51. The van der Waals surface area contributed by atoms with Crippen LogP contribution in [0.25, 0.3) is 0 Å². The molecule has 0 heterocycles. The topological polar surface area (TPSA) is 61.8 Å². The van der Waals surface area contributed by atoms with Crippen LogP contribution in [0.3, 0.4) is 0 Å². The van der Waals surface area contributed by atoms with Gasteiger partial charge in [0.1, 0.15) is 6.07 Å². The van der Waals surface area contributed by atoms with E-state index in [9.17, 15) is 13.2 Å². The van der Waals surface area contributed by atoms with Crippen molar-refractivity contribution in [1.82, 2.24) is 0 Å². The maximum absolute atomic E-state index is 12.6. The number of alkyl halides is 3. The number of benzene rings is 2. The molecule has 0 saturated heterocycles. The fourth-order valence-electron chi connectivity index (χ4n) is 1.86. The van der Waals surface area contributed by atoms with Crippen LogP contribution in [0, 0.1) is 18.3 Å². The molecule has 6 heteroatoms. The van der Waals surface area contributed by atoms with E-state index in [1.54, 1.807) is 31.2 Å². The number of nitrogen functional groups attached to an aromatic ring is 1. The summed E-state index contributed by atoms with van der Waals surface area (Å²) in [7, 11) is 0. The smallest absolute Gasteiger partial charge is 0.398 e. The first kappa shape index (κ1) is 14.7. The van der Waals surface area contributed by atoms with Crippen molar-refractivity contribution in [2.45, 2.75) is 13.1 Å². The first-order chi connectivity index (χ1) is 9.82. The van der Waals surface area contributed by atoms with Gasteiger partial charge in [-0.1, -0.05) is 6.07 Å². The largest absolute Gasteiger partial charge is 0.416 e. The molecular weight excluding hydrogens is 279 g/mol. The highest BCUT2D eigenvalue weighted by atomic mass is 19.4. The lowest BCUT2D eigenvalue weighted by atomic mass is 10.1. The molecule has 0 bridgehead atoms. The molecule has 0 aliphatic carbocycles. The highest BCUT2D eigenvalue weighted by Gasteiger charge is 2.31. The Kier molecular flexibility index (Phi) is 3.76. The summed E-state index contributed by atoms with van der Waals surface area (Å²) in [6.07, 6.45) is -4.47.